The summed E-state index contributed by atoms with van der Waals surface area (Å²) in [6, 6.07) is 0.326. The summed E-state index contributed by atoms with van der Waals surface area (Å²) in [6.45, 7) is 9.70. The lowest BCUT2D eigenvalue weighted by atomic mass is 9.92. The first kappa shape index (κ1) is 12.8. The third-order valence-electron chi connectivity index (χ3n) is 4.19. The van der Waals surface area contributed by atoms with Crippen LogP contribution in [0.1, 0.15) is 47.0 Å². The molecular weight excluding hydrogens is 216 g/mol. The standard InChI is InChI=1S/C13H24N2O2/c1-5-13(4)11(16)15(9-14-13)10-6-7-17-12(2,3)8-10/h10,14H,5-9H2,1-4H3. The molecule has 0 aliphatic carbocycles. The highest BCUT2D eigenvalue weighted by molar-refractivity contribution is 5.88. The zero-order chi connectivity index (χ0) is 12.7. The molecule has 0 aromatic rings. The summed E-state index contributed by atoms with van der Waals surface area (Å²) in [7, 11) is 0. The van der Waals surface area contributed by atoms with Crippen LogP contribution in [0.25, 0.3) is 0 Å². The molecule has 1 N–H and O–H groups in total. The van der Waals surface area contributed by atoms with Gasteiger partial charge in [-0.3, -0.25) is 10.1 Å². The molecule has 4 nitrogen and oxygen atoms in total. The Morgan fingerprint density at radius 3 is 2.71 bits per heavy atom. The van der Waals surface area contributed by atoms with Gasteiger partial charge in [-0.25, -0.2) is 0 Å². The van der Waals surface area contributed by atoms with E-state index in [4.69, 9.17) is 4.74 Å². The van der Waals surface area contributed by atoms with Crippen LogP contribution in [0.15, 0.2) is 0 Å². The average molecular weight is 240 g/mol. The second-order valence-electron chi connectivity index (χ2n) is 6.05. The van der Waals surface area contributed by atoms with Crippen LogP contribution < -0.4 is 5.32 Å². The smallest absolute Gasteiger partial charge is 0.243 e. The van der Waals surface area contributed by atoms with Gasteiger partial charge in [-0.1, -0.05) is 6.92 Å². The van der Waals surface area contributed by atoms with Crippen LogP contribution in [0.2, 0.25) is 0 Å². The van der Waals surface area contributed by atoms with E-state index in [1.165, 1.54) is 0 Å². The minimum absolute atomic E-state index is 0.103. The Bertz CT molecular complexity index is 317. The predicted molar refractivity (Wildman–Crippen MR) is 66.6 cm³/mol. The van der Waals surface area contributed by atoms with Crippen LogP contribution in [0.3, 0.4) is 0 Å². The zero-order valence-electron chi connectivity index (χ0n) is 11.4. The molecule has 0 aromatic heterocycles. The van der Waals surface area contributed by atoms with Crippen molar-refractivity contribution in [2.24, 2.45) is 0 Å². The van der Waals surface area contributed by atoms with E-state index in [9.17, 15) is 4.79 Å². The largest absolute Gasteiger partial charge is 0.375 e. The van der Waals surface area contributed by atoms with Crippen LogP contribution in [0.5, 0.6) is 0 Å². The fourth-order valence-corrected chi connectivity index (χ4v) is 2.76. The predicted octanol–water partition coefficient (Wildman–Crippen LogP) is 1.50. The monoisotopic (exact) mass is 240 g/mol. The minimum atomic E-state index is -0.359. The highest BCUT2D eigenvalue weighted by Crippen LogP contribution is 2.31. The molecule has 0 spiro atoms. The van der Waals surface area contributed by atoms with E-state index in [-0.39, 0.29) is 17.0 Å². The molecular formula is C13H24N2O2. The molecule has 2 saturated heterocycles. The molecule has 0 aromatic carbocycles. The summed E-state index contributed by atoms with van der Waals surface area (Å²) in [5, 5.41) is 3.34. The number of amides is 1. The summed E-state index contributed by atoms with van der Waals surface area (Å²) in [5.41, 5.74) is -0.461. The van der Waals surface area contributed by atoms with Crippen molar-refractivity contribution in [2.45, 2.75) is 64.1 Å². The Morgan fingerprint density at radius 2 is 2.18 bits per heavy atom. The van der Waals surface area contributed by atoms with Crippen molar-refractivity contribution < 1.29 is 9.53 Å². The summed E-state index contributed by atoms with van der Waals surface area (Å²) < 4.78 is 5.71. The van der Waals surface area contributed by atoms with Gasteiger partial charge in [-0.2, -0.15) is 0 Å². The second-order valence-corrected chi connectivity index (χ2v) is 6.05. The normalized spacial score (nSPS) is 37.5. The molecule has 2 atom stereocenters. The third-order valence-corrected chi connectivity index (χ3v) is 4.19. The van der Waals surface area contributed by atoms with E-state index in [0.29, 0.717) is 12.7 Å². The third kappa shape index (κ3) is 2.33. The Morgan fingerprint density at radius 1 is 1.47 bits per heavy atom. The summed E-state index contributed by atoms with van der Waals surface area (Å²) in [4.78, 5) is 14.4. The number of carbonyl (C=O) groups excluding carboxylic acids is 1. The molecule has 2 unspecified atom stereocenters. The van der Waals surface area contributed by atoms with Gasteiger partial charge >= 0.3 is 0 Å². The fraction of sp³-hybridized carbons (Fsp3) is 0.923. The van der Waals surface area contributed by atoms with Gasteiger partial charge in [0.1, 0.15) is 0 Å². The van der Waals surface area contributed by atoms with Gasteiger partial charge in [-0.15, -0.1) is 0 Å². The van der Waals surface area contributed by atoms with Gasteiger partial charge in [0.25, 0.3) is 0 Å². The van der Waals surface area contributed by atoms with Gasteiger partial charge in [0.15, 0.2) is 0 Å². The number of nitrogens with zero attached hydrogens (tertiary/aromatic N) is 1. The van der Waals surface area contributed by atoms with E-state index in [1.807, 2.05) is 11.8 Å². The van der Waals surface area contributed by atoms with Crippen molar-refractivity contribution in [2.75, 3.05) is 13.3 Å². The van der Waals surface area contributed by atoms with Gasteiger partial charge in [0.2, 0.25) is 5.91 Å². The lowest BCUT2D eigenvalue weighted by Gasteiger charge is -2.39. The Balaban J connectivity index is 2.07. The van der Waals surface area contributed by atoms with E-state index in [0.717, 1.165) is 25.9 Å². The molecule has 17 heavy (non-hydrogen) atoms. The Hall–Kier alpha value is -0.610. The van der Waals surface area contributed by atoms with Crippen molar-refractivity contribution in [3.05, 3.63) is 0 Å². The molecule has 0 bridgehead atoms. The SMILES string of the molecule is CCC1(C)NCN(C2CCOC(C)(C)C2)C1=O. The summed E-state index contributed by atoms with van der Waals surface area (Å²) >= 11 is 0. The average Bonchev–Trinajstić information content (AvgIpc) is 2.55. The van der Waals surface area contributed by atoms with Gasteiger partial charge in [0, 0.05) is 12.6 Å². The summed E-state index contributed by atoms with van der Waals surface area (Å²) in [6.07, 6.45) is 2.73. The molecule has 2 aliphatic rings. The van der Waals surface area contributed by atoms with E-state index in [1.54, 1.807) is 0 Å². The van der Waals surface area contributed by atoms with Gasteiger partial charge < -0.3 is 9.64 Å². The van der Waals surface area contributed by atoms with Crippen LogP contribution in [0.4, 0.5) is 0 Å². The molecule has 2 fully saturated rings. The maximum atomic E-state index is 12.4. The first-order valence-electron chi connectivity index (χ1n) is 6.58. The quantitative estimate of drug-likeness (QED) is 0.795. The van der Waals surface area contributed by atoms with Crippen molar-refractivity contribution >= 4 is 5.91 Å². The van der Waals surface area contributed by atoms with Gasteiger partial charge in [-0.05, 0) is 40.0 Å². The van der Waals surface area contributed by atoms with Crippen LogP contribution >= 0.6 is 0 Å². The van der Waals surface area contributed by atoms with E-state index in [2.05, 4.69) is 26.1 Å². The lowest BCUT2D eigenvalue weighted by Crippen LogP contribution is -2.49. The number of nitrogens with one attached hydrogen (secondary N) is 1. The molecule has 1 amide bonds. The number of hydrogen-bond acceptors (Lipinski definition) is 3. The number of rotatable bonds is 2. The van der Waals surface area contributed by atoms with Crippen molar-refractivity contribution in [3.63, 3.8) is 0 Å². The maximum Gasteiger partial charge on any atom is 0.243 e. The van der Waals surface area contributed by atoms with E-state index >= 15 is 0 Å². The minimum Gasteiger partial charge on any atom is -0.375 e. The van der Waals surface area contributed by atoms with E-state index < -0.39 is 0 Å². The number of hydrogen-bond donors (Lipinski definition) is 1. The van der Waals surface area contributed by atoms with Crippen molar-refractivity contribution in [1.82, 2.24) is 10.2 Å². The Labute approximate surface area is 104 Å². The molecule has 4 heteroatoms. The molecule has 2 heterocycles. The molecule has 2 rings (SSSR count). The Kier molecular flexibility index (Phi) is 3.21. The second kappa shape index (κ2) is 4.25. The molecule has 98 valence electrons. The van der Waals surface area contributed by atoms with Crippen LogP contribution in [0, 0.1) is 0 Å². The van der Waals surface area contributed by atoms with Crippen LogP contribution in [-0.4, -0.2) is 41.3 Å². The first-order chi connectivity index (χ1) is 7.88. The lowest BCUT2D eigenvalue weighted by molar-refractivity contribution is -0.139. The molecule has 2 aliphatic heterocycles. The fourth-order valence-electron chi connectivity index (χ4n) is 2.76. The van der Waals surface area contributed by atoms with Gasteiger partial charge in [0.05, 0.1) is 17.8 Å². The molecule has 0 saturated carbocycles. The highest BCUT2D eigenvalue weighted by atomic mass is 16.5. The topological polar surface area (TPSA) is 41.6 Å². The number of ether oxygens (including phenoxy) is 1. The van der Waals surface area contributed by atoms with Crippen molar-refractivity contribution in [1.29, 1.82) is 0 Å². The van der Waals surface area contributed by atoms with Crippen molar-refractivity contribution in [3.8, 4) is 0 Å². The van der Waals surface area contributed by atoms with Crippen LogP contribution in [-0.2, 0) is 9.53 Å². The number of carbonyl (C=O) groups is 1. The molecule has 0 radical (unpaired) electrons. The zero-order valence-corrected chi connectivity index (χ0v) is 11.4. The highest BCUT2D eigenvalue weighted by Gasteiger charge is 2.45. The maximum absolute atomic E-state index is 12.4. The first-order valence-corrected chi connectivity index (χ1v) is 6.58. The summed E-state index contributed by atoms with van der Waals surface area (Å²) in [5.74, 6) is 0.253.